The lowest BCUT2D eigenvalue weighted by Gasteiger charge is -2.00. The molecule has 9 heteroatoms. The van der Waals surface area contributed by atoms with Crippen molar-refractivity contribution < 1.29 is 9.45 Å². The van der Waals surface area contributed by atoms with Crippen LogP contribution in [0, 0.1) is 17.3 Å². The van der Waals surface area contributed by atoms with E-state index in [1.54, 1.807) is 6.07 Å². The third-order valence-electron chi connectivity index (χ3n) is 1.96. The van der Waals surface area contributed by atoms with Gasteiger partial charge in [-0.3, -0.25) is 4.79 Å². The van der Waals surface area contributed by atoms with Gasteiger partial charge in [0.2, 0.25) is 0 Å². The fourth-order valence-corrected chi connectivity index (χ4v) is 3.25. The molecule has 2 rings (SSSR count). The number of halogens is 2. The molecule has 0 unspecified atom stereocenters. The molecule has 88 valence electrons. The summed E-state index contributed by atoms with van der Waals surface area (Å²) in [6.45, 7) is 0. The number of rotatable bonds is 1. The molecule has 0 aliphatic rings. The van der Waals surface area contributed by atoms with Gasteiger partial charge in [-0.25, -0.2) is 14.9 Å². The van der Waals surface area contributed by atoms with Crippen LogP contribution in [0.3, 0.4) is 0 Å². The summed E-state index contributed by atoms with van der Waals surface area (Å²) < 4.78 is 5.90. The van der Waals surface area contributed by atoms with Gasteiger partial charge in [0.05, 0.1) is 13.6 Å². The molecule has 0 aliphatic heterocycles. The van der Waals surface area contributed by atoms with Crippen molar-refractivity contribution in [1.82, 2.24) is 4.68 Å². The fraction of sp³-hybridized carbons (Fsp3) is 0. The Kier molecular flexibility index (Phi) is 3.20. The maximum Gasteiger partial charge on any atom is 0.482 e. The molecule has 1 heterocycles. The van der Waals surface area contributed by atoms with Gasteiger partial charge in [0, 0.05) is 3.57 Å². The zero-order valence-electron chi connectivity index (χ0n) is 7.85. The summed E-state index contributed by atoms with van der Waals surface area (Å²) in [5, 5.41) is 9.48. The molecule has 0 fully saturated rings. The summed E-state index contributed by atoms with van der Waals surface area (Å²) in [7, 11) is 0. The van der Waals surface area contributed by atoms with Gasteiger partial charge in [-0.1, -0.05) is 0 Å². The van der Waals surface area contributed by atoms with Crippen molar-refractivity contribution in [3.05, 3.63) is 50.3 Å². The third kappa shape index (κ3) is 2.08. The maximum absolute atomic E-state index is 11.7. The lowest BCUT2D eigenvalue weighted by molar-refractivity contribution is -0.549. The first kappa shape index (κ1) is 12.5. The van der Waals surface area contributed by atoms with Crippen LogP contribution in [0.2, 0.25) is 0 Å². The van der Waals surface area contributed by atoms with Crippen molar-refractivity contribution in [2.75, 3.05) is 0 Å². The second-order valence-corrected chi connectivity index (χ2v) is 5.39. The molecule has 17 heavy (non-hydrogen) atoms. The number of hydrogen-bond acceptors (Lipinski definition) is 5. The van der Waals surface area contributed by atoms with Gasteiger partial charge in [-0.15, -0.1) is 0 Å². The molecule has 0 aliphatic carbocycles. The van der Waals surface area contributed by atoms with Crippen LogP contribution < -0.4 is 11.3 Å². The molecule has 0 amide bonds. The summed E-state index contributed by atoms with van der Waals surface area (Å²) in [4.78, 5) is 33.6. The summed E-state index contributed by atoms with van der Waals surface area (Å²) in [5.41, 5.74) is -0.920. The predicted molar refractivity (Wildman–Crippen MR) is 74.6 cm³/mol. The van der Waals surface area contributed by atoms with Crippen molar-refractivity contribution >= 4 is 56.2 Å². The molecule has 0 saturated heterocycles. The topological polar surface area (TPSA) is 95.3 Å². The number of fused-ring (bicyclic) bond motifs is 1. The molecule has 1 aromatic carbocycles. The molecular formula is C8H2I2N2O5. The minimum atomic E-state index is -1.30. The van der Waals surface area contributed by atoms with Gasteiger partial charge < -0.3 is 4.42 Å². The Balaban J connectivity index is 3.08. The van der Waals surface area contributed by atoms with Crippen LogP contribution in [0.25, 0.3) is 11.0 Å². The zero-order chi connectivity index (χ0) is 12.7. The smallest absolute Gasteiger partial charge is 0.404 e. The largest absolute Gasteiger partial charge is 0.482 e. The average molecular weight is 460 g/mol. The normalized spacial score (nSPS) is 10.7. The minimum absolute atomic E-state index is 0.0117. The highest BCUT2D eigenvalue weighted by atomic mass is 127. The number of hydrogen-bond donors (Lipinski definition) is 0. The van der Waals surface area contributed by atoms with Crippen LogP contribution in [0.5, 0.6) is 0 Å². The van der Waals surface area contributed by atoms with Gasteiger partial charge in [0.25, 0.3) is 0 Å². The molecule has 0 bridgehead atoms. The van der Waals surface area contributed by atoms with E-state index in [-0.39, 0.29) is 15.6 Å². The summed E-state index contributed by atoms with van der Waals surface area (Å²) in [5.74, 6) is -1.30. The van der Waals surface area contributed by atoms with E-state index in [0.717, 1.165) is 3.57 Å². The first-order chi connectivity index (χ1) is 7.91. The first-order valence-corrected chi connectivity index (χ1v) is 6.27. The number of nitro groups is 1. The van der Waals surface area contributed by atoms with Gasteiger partial charge in [-0.2, -0.15) is 0 Å². The van der Waals surface area contributed by atoms with Crippen LogP contribution in [0.1, 0.15) is 0 Å². The van der Waals surface area contributed by atoms with Crippen LogP contribution in [0.4, 0.5) is 0 Å². The Labute approximate surface area is 120 Å². The molecule has 0 spiro atoms. The van der Waals surface area contributed by atoms with E-state index >= 15 is 0 Å². The molecule has 0 atom stereocenters. The second-order valence-electron chi connectivity index (χ2n) is 2.99. The standard InChI is InChI=1S/C8H2I2N2O5/c9-3-1-4-6(5(10)2-3)17-8(14)11(7(4)13)12(15)16/h1-2H. The van der Waals surface area contributed by atoms with Crippen molar-refractivity contribution in [1.29, 1.82) is 0 Å². The maximum atomic E-state index is 11.7. The molecule has 0 radical (unpaired) electrons. The van der Waals surface area contributed by atoms with Gasteiger partial charge in [0.15, 0.2) is 10.6 Å². The highest BCUT2D eigenvalue weighted by molar-refractivity contribution is 14.1. The van der Waals surface area contributed by atoms with Gasteiger partial charge in [-0.05, 0) is 57.3 Å². The van der Waals surface area contributed by atoms with Crippen molar-refractivity contribution in [3.8, 4) is 0 Å². The van der Waals surface area contributed by atoms with Crippen molar-refractivity contribution in [3.63, 3.8) is 0 Å². The molecule has 0 saturated carbocycles. The Morgan fingerprint density at radius 1 is 1.29 bits per heavy atom. The number of aromatic nitrogens is 1. The molecule has 1 aromatic heterocycles. The SMILES string of the molecule is O=c1oc2c(I)cc(I)cc2c(=O)n1[N+](=O)[O-]. The Hall–Kier alpha value is -0.980. The Morgan fingerprint density at radius 3 is 2.53 bits per heavy atom. The van der Waals surface area contributed by atoms with E-state index in [9.17, 15) is 19.7 Å². The monoisotopic (exact) mass is 460 g/mol. The number of benzene rings is 1. The zero-order valence-corrected chi connectivity index (χ0v) is 12.2. The van der Waals surface area contributed by atoms with Gasteiger partial charge >= 0.3 is 11.3 Å². The quantitative estimate of drug-likeness (QED) is 0.363. The van der Waals surface area contributed by atoms with E-state index in [2.05, 4.69) is 0 Å². The minimum Gasteiger partial charge on any atom is -0.404 e. The molecule has 0 N–H and O–H groups in total. The predicted octanol–water partition coefficient (Wildman–Crippen LogP) is 1.20. The first-order valence-electron chi connectivity index (χ1n) is 4.11. The van der Waals surface area contributed by atoms with Crippen LogP contribution >= 0.6 is 45.2 Å². The summed E-state index contributed by atoms with van der Waals surface area (Å²) in [6.07, 6.45) is 0. The van der Waals surface area contributed by atoms with E-state index in [4.69, 9.17) is 4.42 Å². The summed E-state index contributed by atoms with van der Waals surface area (Å²) in [6, 6.07) is 3.13. The molecule has 2 aromatic rings. The second kappa shape index (κ2) is 4.36. The van der Waals surface area contributed by atoms with E-state index in [0.29, 0.717) is 3.57 Å². The number of nitrogens with zero attached hydrogens (tertiary/aromatic N) is 2. The fourth-order valence-electron chi connectivity index (χ4n) is 1.29. The van der Waals surface area contributed by atoms with E-state index in [1.165, 1.54) is 6.07 Å². The molecule has 7 nitrogen and oxygen atoms in total. The highest BCUT2D eigenvalue weighted by Gasteiger charge is 2.19. The van der Waals surface area contributed by atoms with Crippen LogP contribution in [-0.2, 0) is 0 Å². The lowest BCUT2D eigenvalue weighted by atomic mass is 10.2. The Morgan fingerprint density at radius 2 is 1.94 bits per heavy atom. The van der Waals surface area contributed by atoms with Crippen molar-refractivity contribution in [2.24, 2.45) is 0 Å². The van der Waals surface area contributed by atoms with Gasteiger partial charge in [0.1, 0.15) is 0 Å². The van der Waals surface area contributed by atoms with Crippen LogP contribution in [0.15, 0.2) is 26.1 Å². The highest BCUT2D eigenvalue weighted by Crippen LogP contribution is 2.20. The van der Waals surface area contributed by atoms with E-state index < -0.39 is 16.3 Å². The van der Waals surface area contributed by atoms with E-state index in [1.807, 2.05) is 45.2 Å². The average Bonchev–Trinajstić information content (AvgIpc) is 2.19. The van der Waals surface area contributed by atoms with Crippen LogP contribution in [-0.4, -0.2) is 9.71 Å². The summed E-state index contributed by atoms with van der Waals surface area (Å²) >= 11 is 3.86. The third-order valence-corrected chi connectivity index (χ3v) is 3.38. The Bertz CT molecular complexity index is 748. The van der Waals surface area contributed by atoms with Crippen molar-refractivity contribution in [2.45, 2.75) is 0 Å². The molecular weight excluding hydrogens is 458 g/mol. The lowest BCUT2D eigenvalue weighted by Crippen LogP contribution is -2.37.